The number of hydrogen-bond acceptors (Lipinski definition) is 5. The fourth-order valence-corrected chi connectivity index (χ4v) is 1.51. The van der Waals surface area contributed by atoms with Crippen molar-refractivity contribution in [2.24, 2.45) is 5.73 Å². The van der Waals surface area contributed by atoms with Gasteiger partial charge in [-0.05, 0) is 6.92 Å². The zero-order valence-electron chi connectivity index (χ0n) is 10.3. The molecule has 19 heavy (non-hydrogen) atoms. The van der Waals surface area contributed by atoms with Crippen LogP contribution in [0.3, 0.4) is 0 Å². The Morgan fingerprint density at radius 2 is 2.32 bits per heavy atom. The lowest BCUT2D eigenvalue weighted by Crippen LogP contribution is -2.26. The largest absolute Gasteiger partial charge is 0.446 e. The zero-order chi connectivity index (χ0) is 13.8. The number of rotatable bonds is 5. The van der Waals surface area contributed by atoms with Crippen LogP contribution >= 0.6 is 0 Å². The summed E-state index contributed by atoms with van der Waals surface area (Å²) in [4.78, 5) is 30.4. The number of aryl methyl sites for hydroxylation is 1. The molecule has 0 fully saturated rings. The highest BCUT2D eigenvalue weighted by Gasteiger charge is 2.13. The number of nitrogens with zero attached hydrogens (tertiary/aromatic N) is 3. The Kier molecular flexibility index (Phi) is 3.60. The number of carbonyl (C=O) groups is 2. The highest BCUT2D eigenvalue weighted by Crippen LogP contribution is 2.02. The van der Waals surface area contributed by atoms with Crippen molar-refractivity contribution in [2.75, 3.05) is 0 Å². The molecular formula is C11H13N5O3. The van der Waals surface area contributed by atoms with Crippen molar-refractivity contribution < 1.29 is 14.0 Å². The lowest BCUT2D eigenvalue weighted by Gasteiger charge is -2.04. The van der Waals surface area contributed by atoms with E-state index in [4.69, 9.17) is 10.2 Å². The number of imidazole rings is 1. The normalized spacial score (nSPS) is 10.4. The first-order valence-corrected chi connectivity index (χ1v) is 5.65. The van der Waals surface area contributed by atoms with Crippen LogP contribution in [0.25, 0.3) is 0 Å². The van der Waals surface area contributed by atoms with Gasteiger partial charge in [0.2, 0.25) is 5.89 Å². The molecule has 3 N–H and O–H groups in total. The van der Waals surface area contributed by atoms with E-state index < -0.39 is 5.91 Å². The van der Waals surface area contributed by atoms with Gasteiger partial charge in [0.15, 0.2) is 11.5 Å². The third kappa shape index (κ3) is 2.79. The van der Waals surface area contributed by atoms with Gasteiger partial charge in [-0.15, -0.1) is 0 Å². The van der Waals surface area contributed by atoms with Crippen molar-refractivity contribution in [2.45, 2.75) is 20.0 Å². The predicted molar refractivity (Wildman–Crippen MR) is 64.1 cm³/mol. The third-order valence-electron chi connectivity index (χ3n) is 2.46. The summed E-state index contributed by atoms with van der Waals surface area (Å²) in [6.07, 6.45) is 4.41. The molecule has 2 aromatic rings. The van der Waals surface area contributed by atoms with E-state index in [1.165, 1.54) is 0 Å². The van der Waals surface area contributed by atoms with Gasteiger partial charge in [0.05, 0.1) is 6.54 Å². The Hall–Kier alpha value is -2.64. The van der Waals surface area contributed by atoms with Crippen LogP contribution in [0, 0.1) is 0 Å². The van der Waals surface area contributed by atoms with Crippen LogP contribution in [0.15, 0.2) is 23.1 Å². The number of primary amides is 1. The number of oxazole rings is 1. The molecule has 0 spiro atoms. The molecule has 0 saturated carbocycles. The average molecular weight is 263 g/mol. The highest BCUT2D eigenvalue weighted by molar-refractivity contribution is 5.91. The number of hydrogen-bond donors (Lipinski definition) is 2. The first-order chi connectivity index (χ1) is 9.11. The summed E-state index contributed by atoms with van der Waals surface area (Å²) >= 11 is 0. The number of nitrogens with one attached hydrogen (secondary N) is 1. The predicted octanol–water partition coefficient (Wildman–Crippen LogP) is -0.0801. The summed E-state index contributed by atoms with van der Waals surface area (Å²) < 4.78 is 6.70. The minimum Gasteiger partial charge on any atom is -0.446 e. The average Bonchev–Trinajstić information content (AvgIpc) is 3.04. The van der Waals surface area contributed by atoms with E-state index in [9.17, 15) is 9.59 Å². The number of amides is 2. The Bertz CT molecular complexity index is 601. The summed E-state index contributed by atoms with van der Waals surface area (Å²) in [6, 6.07) is 0. The van der Waals surface area contributed by atoms with E-state index in [1.54, 1.807) is 17.0 Å². The minimum absolute atomic E-state index is 0.0271. The summed E-state index contributed by atoms with van der Waals surface area (Å²) in [6.45, 7) is 2.61. The second kappa shape index (κ2) is 5.34. The van der Waals surface area contributed by atoms with Gasteiger partial charge in [-0.2, -0.15) is 0 Å². The molecule has 100 valence electrons. The highest BCUT2D eigenvalue weighted by atomic mass is 16.3. The first-order valence-electron chi connectivity index (χ1n) is 5.65. The summed E-state index contributed by atoms with van der Waals surface area (Å²) in [5, 5.41) is 2.60. The van der Waals surface area contributed by atoms with Crippen LogP contribution in [0.2, 0.25) is 0 Å². The van der Waals surface area contributed by atoms with Crippen molar-refractivity contribution in [1.82, 2.24) is 19.9 Å². The molecule has 0 saturated heterocycles. The van der Waals surface area contributed by atoms with E-state index in [2.05, 4.69) is 15.3 Å². The molecule has 2 heterocycles. The topological polar surface area (TPSA) is 116 Å². The molecule has 0 aliphatic heterocycles. The van der Waals surface area contributed by atoms with Gasteiger partial charge in [-0.25, -0.2) is 9.97 Å². The monoisotopic (exact) mass is 263 g/mol. The standard InChI is InChI=1S/C11H13N5O3/c1-2-16-4-3-13-10(16)11(18)14-5-8-15-7(6-19-8)9(12)17/h3-4,6H,2,5H2,1H3,(H2,12,17)(H,14,18). The Balaban J connectivity index is 1.98. The Morgan fingerprint density at radius 1 is 1.53 bits per heavy atom. The molecule has 0 atom stereocenters. The van der Waals surface area contributed by atoms with Gasteiger partial charge < -0.3 is 20.0 Å². The fraction of sp³-hybridized carbons (Fsp3) is 0.273. The minimum atomic E-state index is -0.678. The lowest BCUT2D eigenvalue weighted by atomic mass is 10.4. The summed E-state index contributed by atoms with van der Waals surface area (Å²) in [5.41, 5.74) is 5.06. The van der Waals surface area contributed by atoms with Gasteiger partial charge in [-0.3, -0.25) is 9.59 Å². The maximum absolute atomic E-state index is 11.8. The molecule has 2 aromatic heterocycles. The fourth-order valence-electron chi connectivity index (χ4n) is 1.51. The van der Waals surface area contributed by atoms with Gasteiger partial charge in [-0.1, -0.05) is 0 Å². The van der Waals surface area contributed by atoms with Crippen molar-refractivity contribution in [3.8, 4) is 0 Å². The van der Waals surface area contributed by atoms with Crippen molar-refractivity contribution in [3.63, 3.8) is 0 Å². The smallest absolute Gasteiger partial charge is 0.287 e. The first kappa shape index (κ1) is 12.8. The van der Waals surface area contributed by atoms with Crippen molar-refractivity contribution in [3.05, 3.63) is 36.1 Å². The van der Waals surface area contributed by atoms with Gasteiger partial charge in [0.25, 0.3) is 11.8 Å². The van der Waals surface area contributed by atoms with Crippen molar-refractivity contribution >= 4 is 11.8 Å². The molecule has 8 heteroatoms. The van der Waals surface area contributed by atoms with Crippen LogP contribution in [-0.4, -0.2) is 26.3 Å². The lowest BCUT2D eigenvalue weighted by molar-refractivity contribution is 0.0932. The molecule has 0 aliphatic carbocycles. The SMILES string of the molecule is CCn1ccnc1C(=O)NCc1nc(C(N)=O)co1. The molecule has 8 nitrogen and oxygen atoms in total. The van der Waals surface area contributed by atoms with Crippen molar-refractivity contribution in [1.29, 1.82) is 0 Å². The van der Waals surface area contributed by atoms with Gasteiger partial charge >= 0.3 is 0 Å². The van der Waals surface area contributed by atoms with E-state index in [1.807, 2.05) is 6.92 Å². The van der Waals surface area contributed by atoms with E-state index in [0.717, 1.165) is 6.26 Å². The quantitative estimate of drug-likeness (QED) is 0.782. The maximum Gasteiger partial charge on any atom is 0.287 e. The molecule has 2 amide bonds. The third-order valence-corrected chi connectivity index (χ3v) is 2.46. The Labute approximate surface area is 108 Å². The van der Waals surface area contributed by atoms with Crippen LogP contribution in [0.1, 0.15) is 33.9 Å². The molecule has 0 bridgehead atoms. The van der Waals surface area contributed by atoms with Crippen LogP contribution < -0.4 is 11.1 Å². The van der Waals surface area contributed by atoms with Gasteiger partial charge in [0.1, 0.15) is 6.26 Å². The molecule has 0 aromatic carbocycles. The second-order valence-corrected chi connectivity index (χ2v) is 3.71. The number of nitrogens with two attached hydrogens (primary N) is 1. The Morgan fingerprint density at radius 3 is 2.95 bits per heavy atom. The van der Waals surface area contributed by atoms with E-state index in [0.29, 0.717) is 12.4 Å². The van der Waals surface area contributed by atoms with Crippen LogP contribution in [0.4, 0.5) is 0 Å². The number of aromatic nitrogens is 3. The van der Waals surface area contributed by atoms with E-state index in [-0.39, 0.29) is 24.0 Å². The molecule has 0 unspecified atom stereocenters. The van der Waals surface area contributed by atoms with Crippen LogP contribution in [-0.2, 0) is 13.1 Å². The zero-order valence-corrected chi connectivity index (χ0v) is 10.3. The summed E-state index contributed by atoms with van der Waals surface area (Å²) in [5.74, 6) is -0.505. The van der Waals surface area contributed by atoms with Gasteiger partial charge in [0, 0.05) is 18.9 Å². The maximum atomic E-state index is 11.8. The van der Waals surface area contributed by atoms with E-state index >= 15 is 0 Å². The molecule has 0 radical (unpaired) electrons. The molecule has 0 aliphatic rings. The number of carbonyl (C=O) groups excluding carboxylic acids is 2. The second-order valence-electron chi connectivity index (χ2n) is 3.71. The van der Waals surface area contributed by atoms with Crippen LogP contribution in [0.5, 0.6) is 0 Å². The summed E-state index contributed by atoms with van der Waals surface area (Å²) in [7, 11) is 0. The molecular weight excluding hydrogens is 250 g/mol. The molecule has 2 rings (SSSR count).